The van der Waals surface area contributed by atoms with Gasteiger partial charge in [0.1, 0.15) is 22.9 Å². The fourth-order valence-corrected chi connectivity index (χ4v) is 4.78. The molecule has 0 radical (unpaired) electrons. The predicted octanol–water partition coefficient (Wildman–Crippen LogP) is 1.94. The molecule has 0 aliphatic carbocycles. The van der Waals surface area contributed by atoms with Crippen LogP contribution in [0.25, 0.3) is 0 Å². The Balaban J connectivity index is 1.81. The van der Waals surface area contributed by atoms with Crippen LogP contribution in [-0.4, -0.2) is 65.8 Å². The third kappa shape index (κ3) is 5.46. The highest BCUT2D eigenvalue weighted by molar-refractivity contribution is 7.91. The number of ether oxygens (including phenoxy) is 1. The zero-order chi connectivity index (χ0) is 24.4. The Labute approximate surface area is 189 Å². The maximum absolute atomic E-state index is 13.0. The highest BCUT2D eigenvalue weighted by Crippen LogP contribution is 2.26. The maximum atomic E-state index is 13.0. The van der Waals surface area contributed by atoms with E-state index in [1.807, 2.05) is 0 Å². The molecule has 0 aromatic heterocycles. The molecule has 3 rings (SSSR count). The minimum absolute atomic E-state index is 0.0464. The summed E-state index contributed by atoms with van der Waals surface area (Å²) < 4.78 is 44.6. The average molecular weight is 479 g/mol. The van der Waals surface area contributed by atoms with Gasteiger partial charge in [0.05, 0.1) is 23.2 Å². The first-order chi connectivity index (χ1) is 15.4. The zero-order valence-corrected chi connectivity index (χ0v) is 18.6. The van der Waals surface area contributed by atoms with Gasteiger partial charge in [0.15, 0.2) is 9.84 Å². The number of carbonyl (C=O) groups is 3. The lowest BCUT2D eigenvalue weighted by Crippen LogP contribution is -2.50. The number of rotatable bonds is 9. The lowest BCUT2D eigenvalue weighted by atomic mass is 10.1. The number of hydrogen-bond donors (Lipinski definition) is 2. The summed E-state index contributed by atoms with van der Waals surface area (Å²) in [7, 11) is -4.06. The molecule has 0 bridgehead atoms. The van der Waals surface area contributed by atoms with Crippen molar-refractivity contribution in [1.29, 1.82) is 0 Å². The van der Waals surface area contributed by atoms with E-state index in [0.717, 1.165) is 0 Å². The summed E-state index contributed by atoms with van der Waals surface area (Å²) in [6.45, 7) is 2.31. The van der Waals surface area contributed by atoms with Crippen molar-refractivity contribution < 1.29 is 37.1 Å². The number of hydroxylamine groups is 2. The van der Waals surface area contributed by atoms with Crippen LogP contribution in [0.3, 0.4) is 0 Å². The number of nitrogens with zero attached hydrogens (tertiary/aromatic N) is 2. The molecule has 2 aromatic rings. The molecule has 1 heterocycles. The minimum Gasteiger partial charge on any atom is -0.457 e. The molecule has 1 aliphatic heterocycles. The van der Waals surface area contributed by atoms with E-state index >= 15 is 0 Å². The monoisotopic (exact) mass is 479 g/mol. The van der Waals surface area contributed by atoms with Gasteiger partial charge >= 0.3 is 6.03 Å². The van der Waals surface area contributed by atoms with E-state index in [1.54, 1.807) is 0 Å². The van der Waals surface area contributed by atoms with Crippen LogP contribution < -0.4 is 10.1 Å². The molecular weight excluding hydrogens is 457 g/mol. The summed E-state index contributed by atoms with van der Waals surface area (Å²) in [4.78, 5) is 36.4. The van der Waals surface area contributed by atoms with E-state index in [9.17, 15) is 32.4 Å². The zero-order valence-electron chi connectivity index (χ0n) is 17.8. The van der Waals surface area contributed by atoms with Gasteiger partial charge in [-0.1, -0.05) is 0 Å². The number of hydrogen-bond acceptors (Lipinski definition) is 7. The van der Waals surface area contributed by atoms with Crippen LogP contribution in [0.4, 0.5) is 9.18 Å². The fourth-order valence-electron chi connectivity index (χ4n) is 3.28. The molecule has 4 amide bonds. The smallest absolute Gasteiger partial charge is 0.325 e. The molecule has 176 valence electrons. The van der Waals surface area contributed by atoms with Crippen molar-refractivity contribution >= 4 is 28.2 Å². The van der Waals surface area contributed by atoms with E-state index in [0.29, 0.717) is 16.4 Å². The molecule has 1 aliphatic rings. The number of carbonyl (C=O) groups excluding carboxylic acids is 3. The molecule has 33 heavy (non-hydrogen) atoms. The van der Waals surface area contributed by atoms with Gasteiger partial charge in [-0.15, -0.1) is 0 Å². The molecule has 1 unspecified atom stereocenters. The molecular formula is C21H22FN3O7S. The number of sulfone groups is 1. The lowest BCUT2D eigenvalue weighted by Gasteiger charge is -2.27. The first-order valence-corrected chi connectivity index (χ1v) is 11.4. The SMILES string of the molecule is CC1(C)NC(=O)N(C(CN(O)C=O)CS(=O)(=O)c2ccc(Oc3ccc(F)cc3)cc2)C1=O. The lowest BCUT2D eigenvalue weighted by molar-refractivity contribution is -0.153. The molecule has 2 aromatic carbocycles. The summed E-state index contributed by atoms with van der Waals surface area (Å²) >= 11 is 0. The summed E-state index contributed by atoms with van der Waals surface area (Å²) in [6, 6.07) is 8.44. The third-order valence-corrected chi connectivity index (χ3v) is 6.73. The van der Waals surface area contributed by atoms with Crippen LogP contribution in [0.2, 0.25) is 0 Å². The van der Waals surface area contributed by atoms with Gasteiger partial charge in [-0.05, 0) is 62.4 Å². The predicted molar refractivity (Wildman–Crippen MR) is 113 cm³/mol. The van der Waals surface area contributed by atoms with E-state index in [1.165, 1.54) is 62.4 Å². The Morgan fingerprint density at radius 1 is 1.12 bits per heavy atom. The Bertz CT molecular complexity index is 1150. The minimum atomic E-state index is -4.06. The second-order valence-corrected chi connectivity index (χ2v) is 9.95. The number of benzene rings is 2. The third-order valence-electron chi connectivity index (χ3n) is 4.92. The van der Waals surface area contributed by atoms with Gasteiger partial charge in [-0.2, -0.15) is 0 Å². The van der Waals surface area contributed by atoms with Gasteiger partial charge in [-0.3, -0.25) is 19.7 Å². The molecule has 10 nitrogen and oxygen atoms in total. The molecule has 2 N–H and O–H groups in total. The van der Waals surface area contributed by atoms with Gasteiger partial charge < -0.3 is 10.1 Å². The van der Waals surface area contributed by atoms with E-state index in [-0.39, 0.29) is 16.4 Å². The molecule has 0 spiro atoms. The van der Waals surface area contributed by atoms with Gasteiger partial charge in [0.2, 0.25) is 6.41 Å². The van der Waals surface area contributed by atoms with Crippen LogP contribution in [0.5, 0.6) is 11.5 Å². The van der Waals surface area contributed by atoms with Crippen molar-refractivity contribution in [2.24, 2.45) is 0 Å². The molecule has 0 saturated carbocycles. The van der Waals surface area contributed by atoms with Crippen molar-refractivity contribution in [2.75, 3.05) is 12.3 Å². The summed E-state index contributed by atoms with van der Waals surface area (Å²) in [5.41, 5.74) is -1.26. The summed E-state index contributed by atoms with van der Waals surface area (Å²) in [5.74, 6) is -1.19. The van der Waals surface area contributed by atoms with Crippen LogP contribution in [0, 0.1) is 5.82 Å². The fraction of sp³-hybridized carbons (Fsp3) is 0.286. The summed E-state index contributed by atoms with van der Waals surface area (Å²) in [6.07, 6.45) is 0.0464. The molecule has 1 fully saturated rings. The van der Waals surface area contributed by atoms with Crippen LogP contribution in [-0.2, 0) is 19.4 Å². The number of urea groups is 1. The summed E-state index contributed by atoms with van der Waals surface area (Å²) in [5, 5.41) is 12.2. The normalized spacial score (nSPS) is 16.3. The van der Waals surface area contributed by atoms with Crippen molar-refractivity contribution in [2.45, 2.75) is 30.3 Å². The standard InChI is InChI=1S/C21H22FN3O7S/c1-21(2)19(27)25(20(28)23-21)15(11-24(29)13-26)12-33(30,31)18-9-7-17(8-10-18)32-16-5-3-14(22)4-6-16/h3-10,13,15,29H,11-12H2,1-2H3,(H,23,28). The highest BCUT2D eigenvalue weighted by Gasteiger charge is 2.48. The maximum Gasteiger partial charge on any atom is 0.325 e. The Morgan fingerprint density at radius 3 is 2.15 bits per heavy atom. The molecule has 1 atom stereocenters. The largest absolute Gasteiger partial charge is 0.457 e. The van der Waals surface area contributed by atoms with Gasteiger partial charge in [-0.25, -0.2) is 22.7 Å². The Hall–Kier alpha value is -3.51. The van der Waals surface area contributed by atoms with E-state index < -0.39 is 51.5 Å². The van der Waals surface area contributed by atoms with Crippen LogP contribution >= 0.6 is 0 Å². The van der Waals surface area contributed by atoms with Crippen molar-refractivity contribution in [1.82, 2.24) is 15.3 Å². The van der Waals surface area contributed by atoms with Gasteiger partial charge in [0.25, 0.3) is 5.91 Å². The first kappa shape index (κ1) is 24.1. The first-order valence-electron chi connectivity index (χ1n) is 9.76. The average Bonchev–Trinajstić information content (AvgIpc) is 2.95. The highest BCUT2D eigenvalue weighted by atomic mass is 32.2. The van der Waals surface area contributed by atoms with Crippen LogP contribution in [0.15, 0.2) is 53.4 Å². The van der Waals surface area contributed by atoms with Crippen LogP contribution in [0.1, 0.15) is 13.8 Å². The van der Waals surface area contributed by atoms with Crippen molar-refractivity contribution in [3.63, 3.8) is 0 Å². The Kier molecular flexibility index (Phi) is 6.70. The van der Waals surface area contributed by atoms with E-state index in [4.69, 9.17) is 4.74 Å². The quantitative estimate of drug-likeness (QED) is 0.243. The molecule has 1 saturated heterocycles. The second-order valence-electron chi connectivity index (χ2n) is 7.92. The van der Waals surface area contributed by atoms with E-state index in [2.05, 4.69) is 5.32 Å². The van der Waals surface area contributed by atoms with Crippen molar-refractivity contribution in [3.05, 3.63) is 54.3 Å². The number of halogens is 1. The number of nitrogens with one attached hydrogen (secondary N) is 1. The Morgan fingerprint density at radius 2 is 1.67 bits per heavy atom. The number of amides is 4. The molecule has 12 heteroatoms. The number of imide groups is 1. The topological polar surface area (TPSA) is 133 Å². The second kappa shape index (κ2) is 9.16. The van der Waals surface area contributed by atoms with Gasteiger partial charge in [0, 0.05) is 0 Å². The van der Waals surface area contributed by atoms with Crippen molar-refractivity contribution in [3.8, 4) is 11.5 Å².